The maximum Gasteiger partial charge on any atom is 0.319 e. The van der Waals surface area contributed by atoms with Crippen molar-refractivity contribution < 1.29 is 9.59 Å². The fourth-order valence-electron chi connectivity index (χ4n) is 3.62. The number of hydrogen-bond donors (Lipinski definition) is 3. The molecule has 7 heteroatoms. The second-order valence-corrected chi connectivity index (χ2v) is 7.87. The van der Waals surface area contributed by atoms with E-state index in [1.54, 1.807) is 24.3 Å². The standard InChI is InChI=1S/C23H29N5O2/c29-22(18-5-4-6-20(17-18)26-23(30)25-19-9-10-19)24-11-12-27-13-15-28(16-14-27)21-7-2-1-3-8-21/h1-8,17,19H,9-16H2,(H,24,29)(H2,25,26,30). The van der Waals surface area contributed by atoms with Gasteiger partial charge in [-0.2, -0.15) is 0 Å². The van der Waals surface area contributed by atoms with Crippen molar-refractivity contribution >= 4 is 23.3 Å². The second-order valence-electron chi connectivity index (χ2n) is 7.87. The van der Waals surface area contributed by atoms with E-state index in [4.69, 9.17) is 0 Å². The van der Waals surface area contributed by atoms with E-state index in [1.807, 2.05) is 6.07 Å². The van der Waals surface area contributed by atoms with Crippen LogP contribution in [-0.4, -0.2) is 62.1 Å². The van der Waals surface area contributed by atoms with Crippen molar-refractivity contribution in [3.8, 4) is 0 Å². The van der Waals surface area contributed by atoms with Crippen molar-refractivity contribution in [2.75, 3.05) is 49.5 Å². The van der Waals surface area contributed by atoms with Gasteiger partial charge < -0.3 is 20.9 Å². The van der Waals surface area contributed by atoms with Crippen LogP contribution in [0.4, 0.5) is 16.2 Å². The van der Waals surface area contributed by atoms with Crippen molar-refractivity contribution in [3.63, 3.8) is 0 Å². The van der Waals surface area contributed by atoms with Gasteiger partial charge in [-0.1, -0.05) is 24.3 Å². The summed E-state index contributed by atoms with van der Waals surface area (Å²) in [4.78, 5) is 29.1. The third-order valence-corrected chi connectivity index (χ3v) is 5.50. The minimum atomic E-state index is -0.218. The maximum absolute atomic E-state index is 12.5. The summed E-state index contributed by atoms with van der Waals surface area (Å²) in [5.74, 6) is -0.121. The molecule has 158 valence electrons. The Bertz CT molecular complexity index is 861. The molecule has 1 saturated carbocycles. The van der Waals surface area contributed by atoms with Crippen LogP contribution in [-0.2, 0) is 0 Å². The smallest absolute Gasteiger partial charge is 0.319 e. The molecule has 3 N–H and O–H groups in total. The second kappa shape index (κ2) is 9.63. The molecule has 2 aromatic rings. The summed E-state index contributed by atoms with van der Waals surface area (Å²) in [5.41, 5.74) is 2.44. The molecule has 0 radical (unpaired) electrons. The van der Waals surface area contributed by atoms with Gasteiger partial charge in [0.15, 0.2) is 0 Å². The quantitative estimate of drug-likeness (QED) is 0.659. The molecule has 0 bridgehead atoms. The molecule has 0 aromatic heterocycles. The molecular formula is C23H29N5O2. The summed E-state index contributed by atoms with van der Waals surface area (Å²) >= 11 is 0. The zero-order chi connectivity index (χ0) is 20.8. The van der Waals surface area contributed by atoms with E-state index in [-0.39, 0.29) is 11.9 Å². The molecule has 7 nitrogen and oxygen atoms in total. The Hall–Kier alpha value is -3.06. The van der Waals surface area contributed by atoms with Gasteiger partial charge in [-0.25, -0.2) is 4.79 Å². The van der Waals surface area contributed by atoms with Crippen molar-refractivity contribution in [2.45, 2.75) is 18.9 Å². The highest BCUT2D eigenvalue weighted by Crippen LogP contribution is 2.19. The Morgan fingerprint density at radius 1 is 0.933 bits per heavy atom. The molecule has 30 heavy (non-hydrogen) atoms. The fraction of sp³-hybridized carbons (Fsp3) is 0.391. The highest BCUT2D eigenvalue weighted by molar-refractivity contribution is 5.96. The summed E-state index contributed by atoms with van der Waals surface area (Å²) in [5, 5.41) is 8.66. The van der Waals surface area contributed by atoms with Crippen LogP contribution < -0.4 is 20.9 Å². The average molecular weight is 408 g/mol. The normalized spacial score (nSPS) is 16.7. The number of carbonyl (C=O) groups excluding carboxylic acids is 2. The zero-order valence-corrected chi connectivity index (χ0v) is 17.1. The molecule has 0 atom stereocenters. The van der Waals surface area contributed by atoms with Gasteiger partial charge in [0.25, 0.3) is 5.91 Å². The molecule has 1 aliphatic carbocycles. The van der Waals surface area contributed by atoms with Gasteiger partial charge in [-0.05, 0) is 43.2 Å². The molecule has 1 heterocycles. The van der Waals surface area contributed by atoms with Crippen LogP contribution in [0.3, 0.4) is 0 Å². The molecule has 1 saturated heterocycles. The highest BCUT2D eigenvalue weighted by atomic mass is 16.2. The number of anilines is 2. The largest absolute Gasteiger partial charge is 0.369 e. The van der Waals surface area contributed by atoms with E-state index < -0.39 is 0 Å². The lowest BCUT2D eigenvalue weighted by molar-refractivity contribution is 0.0947. The molecule has 2 aromatic carbocycles. The van der Waals surface area contributed by atoms with Crippen LogP contribution in [0, 0.1) is 0 Å². The van der Waals surface area contributed by atoms with E-state index in [1.165, 1.54) is 5.69 Å². The van der Waals surface area contributed by atoms with Gasteiger partial charge in [-0.3, -0.25) is 9.69 Å². The predicted octanol–water partition coefficient (Wildman–Crippen LogP) is 2.52. The van der Waals surface area contributed by atoms with E-state index in [9.17, 15) is 9.59 Å². The van der Waals surface area contributed by atoms with Gasteiger partial charge in [0.05, 0.1) is 0 Å². The average Bonchev–Trinajstić information content (AvgIpc) is 3.59. The van der Waals surface area contributed by atoms with Gasteiger partial charge >= 0.3 is 6.03 Å². The lowest BCUT2D eigenvalue weighted by Crippen LogP contribution is -2.48. The molecule has 0 spiro atoms. The SMILES string of the molecule is O=C(Nc1cccc(C(=O)NCCN2CCN(c3ccccc3)CC2)c1)NC1CC1. The number of rotatable bonds is 7. The molecule has 1 aliphatic heterocycles. The Balaban J connectivity index is 1.19. The lowest BCUT2D eigenvalue weighted by atomic mass is 10.2. The zero-order valence-electron chi connectivity index (χ0n) is 17.1. The van der Waals surface area contributed by atoms with Crippen LogP contribution in [0.1, 0.15) is 23.2 Å². The minimum Gasteiger partial charge on any atom is -0.369 e. The van der Waals surface area contributed by atoms with Crippen LogP contribution in [0.25, 0.3) is 0 Å². The van der Waals surface area contributed by atoms with Crippen molar-refractivity contribution in [1.82, 2.24) is 15.5 Å². The number of nitrogens with zero attached hydrogens (tertiary/aromatic N) is 2. The summed E-state index contributed by atoms with van der Waals surface area (Å²) in [7, 11) is 0. The van der Waals surface area contributed by atoms with Crippen molar-refractivity contribution in [1.29, 1.82) is 0 Å². The van der Waals surface area contributed by atoms with Gasteiger partial charge in [0, 0.05) is 62.2 Å². The third kappa shape index (κ3) is 5.73. The van der Waals surface area contributed by atoms with Crippen LogP contribution in [0.5, 0.6) is 0 Å². The van der Waals surface area contributed by atoms with E-state index >= 15 is 0 Å². The Kier molecular flexibility index (Phi) is 6.49. The molecule has 2 fully saturated rings. The van der Waals surface area contributed by atoms with Gasteiger partial charge in [0.2, 0.25) is 0 Å². The number of urea groups is 1. The Morgan fingerprint density at radius 2 is 1.70 bits per heavy atom. The number of benzene rings is 2. The molecular weight excluding hydrogens is 378 g/mol. The summed E-state index contributed by atoms with van der Waals surface area (Å²) < 4.78 is 0. The molecule has 3 amide bonds. The van der Waals surface area contributed by atoms with Gasteiger partial charge in [-0.15, -0.1) is 0 Å². The Morgan fingerprint density at radius 3 is 2.43 bits per heavy atom. The number of piperazine rings is 1. The monoisotopic (exact) mass is 407 g/mol. The van der Waals surface area contributed by atoms with E-state index in [0.29, 0.717) is 23.8 Å². The third-order valence-electron chi connectivity index (χ3n) is 5.50. The lowest BCUT2D eigenvalue weighted by Gasteiger charge is -2.36. The first-order valence-electron chi connectivity index (χ1n) is 10.7. The summed E-state index contributed by atoms with van der Waals surface area (Å²) in [6.45, 7) is 5.39. The van der Waals surface area contributed by atoms with E-state index in [2.05, 4.69) is 50.0 Å². The van der Waals surface area contributed by atoms with Gasteiger partial charge in [0.1, 0.15) is 0 Å². The fourth-order valence-corrected chi connectivity index (χ4v) is 3.62. The van der Waals surface area contributed by atoms with E-state index in [0.717, 1.165) is 45.6 Å². The number of amides is 3. The predicted molar refractivity (Wildman–Crippen MR) is 119 cm³/mol. The van der Waals surface area contributed by atoms with Crippen molar-refractivity contribution in [3.05, 3.63) is 60.2 Å². The van der Waals surface area contributed by atoms with Crippen molar-refractivity contribution in [2.24, 2.45) is 0 Å². The highest BCUT2D eigenvalue weighted by Gasteiger charge is 2.23. The number of carbonyl (C=O) groups is 2. The minimum absolute atomic E-state index is 0.121. The number of nitrogens with one attached hydrogen (secondary N) is 3. The summed E-state index contributed by atoms with van der Waals surface area (Å²) in [6.07, 6.45) is 2.08. The number of para-hydroxylation sites is 1. The molecule has 2 aliphatic rings. The molecule has 0 unspecified atom stereocenters. The first-order chi connectivity index (χ1) is 14.7. The van der Waals surface area contributed by atoms with Crippen LogP contribution >= 0.6 is 0 Å². The molecule has 4 rings (SSSR count). The first-order valence-corrected chi connectivity index (χ1v) is 10.7. The summed E-state index contributed by atoms with van der Waals surface area (Å²) in [6, 6.07) is 17.6. The number of hydrogen-bond acceptors (Lipinski definition) is 4. The first kappa shape index (κ1) is 20.2. The topological polar surface area (TPSA) is 76.7 Å². The maximum atomic E-state index is 12.5. The van der Waals surface area contributed by atoms with Crippen LogP contribution in [0.15, 0.2) is 54.6 Å². The Labute approximate surface area is 177 Å². The van der Waals surface area contributed by atoms with Crippen LogP contribution in [0.2, 0.25) is 0 Å².